The maximum absolute atomic E-state index is 11.5. The number of carbonyl (C=O) groups excluding carboxylic acids is 2. The Labute approximate surface area is 210 Å². The lowest BCUT2D eigenvalue weighted by molar-refractivity contribution is -0.123. The number of halogens is 2. The first kappa shape index (κ1) is 28.6. The number of thiazole rings is 1. The second kappa shape index (κ2) is 13.3. The van der Waals surface area contributed by atoms with Crippen LogP contribution < -0.4 is 22.1 Å². The van der Waals surface area contributed by atoms with E-state index in [-0.39, 0.29) is 48.5 Å². The van der Waals surface area contributed by atoms with E-state index >= 15 is 0 Å². The Morgan fingerprint density at radius 2 is 1.76 bits per heavy atom. The van der Waals surface area contributed by atoms with Gasteiger partial charge in [0, 0.05) is 30.0 Å². The normalized spacial score (nSPS) is 14.0. The van der Waals surface area contributed by atoms with Crippen LogP contribution in [0.15, 0.2) is 24.3 Å². The largest absolute Gasteiger partial charge is 0.370 e. The Balaban J connectivity index is 0.00000272. The highest BCUT2D eigenvalue weighted by Crippen LogP contribution is 2.28. The number of carbonyl (C=O) groups is 2. The molecule has 1 fully saturated rings. The summed E-state index contributed by atoms with van der Waals surface area (Å²) in [5, 5.41) is 13.5. The molecule has 3 rings (SSSR count). The lowest BCUT2D eigenvalue weighted by Gasteiger charge is -2.30. The Bertz CT molecular complexity index is 945. The summed E-state index contributed by atoms with van der Waals surface area (Å²) in [7, 11) is 0. The van der Waals surface area contributed by atoms with Gasteiger partial charge in [0.2, 0.25) is 11.8 Å². The summed E-state index contributed by atoms with van der Waals surface area (Å²) in [4.78, 5) is 31.0. The smallest absolute Gasteiger partial charge is 0.223 e. The number of primary amides is 1. The molecule has 0 aliphatic carbocycles. The molecule has 182 valence electrons. The van der Waals surface area contributed by atoms with Gasteiger partial charge in [0.25, 0.3) is 0 Å². The number of guanidine groups is 1. The fourth-order valence-electron chi connectivity index (χ4n) is 3.66. The van der Waals surface area contributed by atoms with E-state index in [1.807, 2.05) is 24.3 Å². The van der Waals surface area contributed by atoms with E-state index in [0.29, 0.717) is 5.13 Å². The summed E-state index contributed by atoms with van der Waals surface area (Å²) in [6.07, 6.45) is 3.12. The standard InChI is InChI=1S/C21H29N7O2S.2ClH/c1-13(29)25-21-27-17(7-4-14-2-5-16(6-3-14)26-20(23)24)18(31-21)12-28-10-8-15(9-11-28)19(22)30;;/h2-3,5-6,15H,4,7-12H2,1H3,(H2,22,30)(H4,23,24,26)(H,25,27,29);2*1H. The number of nitrogens with one attached hydrogen (secondary N) is 3. The third-order valence-electron chi connectivity index (χ3n) is 5.30. The SMILES string of the molecule is CC(=O)Nc1nc(CCc2ccc(NC(=N)N)cc2)c(CN2CCC(C(N)=O)CC2)s1.Cl.Cl. The van der Waals surface area contributed by atoms with Crippen LogP contribution in [0.5, 0.6) is 0 Å². The van der Waals surface area contributed by atoms with Crippen molar-refractivity contribution >= 4 is 64.7 Å². The third kappa shape index (κ3) is 8.81. The van der Waals surface area contributed by atoms with Crippen molar-refractivity contribution in [2.75, 3.05) is 23.7 Å². The minimum atomic E-state index is -0.212. The van der Waals surface area contributed by atoms with Crippen molar-refractivity contribution in [1.29, 1.82) is 5.41 Å². The number of nitrogens with two attached hydrogens (primary N) is 2. The monoisotopic (exact) mass is 515 g/mol. The molecular formula is C21H31Cl2N7O2S. The van der Waals surface area contributed by atoms with Gasteiger partial charge in [-0.25, -0.2) is 4.98 Å². The van der Waals surface area contributed by atoms with Crippen LogP contribution in [0.1, 0.15) is 35.9 Å². The van der Waals surface area contributed by atoms with E-state index in [2.05, 4.69) is 20.5 Å². The van der Waals surface area contributed by atoms with E-state index in [0.717, 1.165) is 67.1 Å². The maximum atomic E-state index is 11.5. The van der Waals surface area contributed by atoms with E-state index in [4.69, 9.17) is 16.9 Å². The zero-order valence-electron chi connectivity index (χ0n) is 18.4. The molecule has 1 aliphatic rings. The van der Waals surface area contributed by atoms with Crippen molar-refractivity contribution in [3.05, 3.63) is 40.4 Å². The van der Waals surface area contributed by atoms with Gasteiger partial charge >= 0.3 is 0 Å². The van der Waals surface area contributed by atoms with E-state index in [9.17, 15) is 9.59 Å². The Morgan fingerprint density at radius 3 is 2.30 bits per heavy atom. The number of hydrogen-bond acceptors (Lipinski definition) is 6. The number of anilines is 2. The summed E-state index contributed by atoms with van der Waals surface area (Å²) in [5.41, 5.74) is 13.7. The van der Waals surface area contributed by atoms with Crippen molar-refractivity contribution in [1.82, 2.24) is 9.88 Å². The van der Waals surface area contributed by atoms with Crippen LogP contribution in [0.25, 0.3) is 0 Å². The molecular weight excluding hydrogens is 485 g/mol. The Hall–Kier alpha value is -2.40. The van der Waals surface area contributed by atoms with Crippen LogP contribution in [0, 0.1) is 11.3 Å². The van der Waals surface area contributed by atoms with Gasteiger partial charge < -0.3 is 22.1 Å². The molecule has 1 aromatic heterocycles. The average Bonchev–Trinajstić information content (AvgIpc) is 3.07. The fraction of sp³-hybridized carbons (Fsp3) is 0.429. The number of aromatic nitrogens is 1. The molecule has 2 heterocycles. The van der Waals surface area contributed by atoms with Gasteiger partial charge in [-0.05, 0) is 56.5 Å². The molecule has 1 saturated heterocycles. The van der Waals surface area contributed by atoms with E-state index in [1.54, 1.807) is 0 Å². The quantitative estimate of drug-likeness (QED) is 0.269. The van der Waals surface area contributed by atoms with Crippen molar-refractivity contribution in [2.45, 2.75) is 39.2 Å². The molecule has 12 heteroatoms. The molecule has 0 spiro atoms. The highest BCUT2D eigenvalue weighted by atomic mass is 35.5. The molecule has 0 atom stereocenters. The van der Waals surface area contributed by atoms with Gasteiger partial charge in [-0.15, -0.1) is 36.2 Å². The van der Waals surface area contributed by atoms with Gasteiger partial charge in [0.1, 0.15) is 0 Å². The van der Waals surface area contributed by atoms with Crippen molar-refractivity contribution in [3.63, 3.8) is 0 Å². The van der Waals surface area contributed by atoms with Crippen molar-refractivity contribution < 1.29 is 9.59 Å². The highest BCUT2D eigenvalue weighted by Gasteiger charge is 2.24. The lowest BCUT2D eigenvalue weighted by atomic mass is 9.96. The van der Waals surface area contributed by atoms with Crippen LogP contribution in [0.2, 0.25) is 0 Å². The summed E-state index contributed by atoms with van der Waals surface area (Å²) in [6.45, 7) is 3.88. The lowest BCUT2D eigenvalue weighted by Crippen LogP contribution is -2.38. The van der Waals surface area contributed by atoms with Crippen LogP contribution >= 0.6 is 36.2 Å². The number of hydrogen-bond donors (Lipinski definition) is 5. The van der Waals surface area contributed by atoms with Crippen molar-refractivity contribution in [2.24, 2.45) is 17.4 Å². The molecule has 1 aliphatic heterocycles. The van der Waals surface area contributed by atoms with Crippen LogP contribution in [-0.4, -0.2) is 40.7 Å². The number of piperidine rings is 1. The van der Waals surface area contributed by atoms with Crippen molar-refractivity contribution in [3.8, 4) is 0 Å². The van der Waals surface area contributed by atoms with E-state index < -0.39 is 0 Å². The number of likely N-dealkylation sites (tertiary alicyclic amines) is 1. The van der Waals surface area contributed by atoms with E-state index in [1.165, 1.54) is 18.3 Å². The van der Waals surface area contributed by atoms with Gasteiger partial charge in [-0.1, -0.05) is 12.1 Å². The minimum absolute atomic E-state index is 0. The first-order valence-electron chi connectivity index (χ1n) is 10.3. The zero-order valence-corrected chi connectivity index (χ0v) is 20.9. The zero-order chi connectivity index (χ0) is 22.4. The molecule has 33 heavy (non-hydrogen) atoms. The molecule has 1 aromatic carbocycles. The number of aryl methyl sites for hydroxylation is 2. The third-order valence-corrected chi connectivity index (χ3v) is 6.30. The van der Waals surface area contributed by atoms with Gasteiger partial charge in [0.15, 0.2) is 11.1 Å². The molecule has 9 nitrogen and oxygen atoms in total. The molecule has 2 amide bonds. The summed E-state index contributed by atoms with van der Waals surface area (Å²) in [6, 6.07) is 7.79. The molecule has 0 unspecified atom stereocenters. The number of rotatable bonds is 8. The summed E-state index contributed by atoms with van der Waals surface area (Å²) < 4.78 is 0. The number of amides is 2. The highest BCUT2D eigenvalue weighted by molar-refractivity contribution is 7.15. The fourth-order valence-corrected chi connectivity index (χ4v) is 4.75. The summed E-state index contributed by atoms with van der Waals surface area (Å²) in [5.74, 6) is -0.476. The second-order valence-electron chi connectivity index (χ2n) is 7.76. The minimum Gasteiger partial charge on any atom is -0.370 e. The number of benzene rings is 1. The number of nitrogens with zero attached hydrogens (tertiary/aromatic N) is 2. The van der Waals surface area contributed by atoms with Gasteiger partial charge in [0.05, 0.1) is 5.69 Å². The predicted octanol–water partition coefficient (Wildman–Crippen LogP) is 2.73. The van der Waals surface area contributed by atoms with Gasteiger partial charge in [-0.3, -0.25) is 19.9 Å². The predicted molar refractivity (Wildman–Crippen MR) is 137 cm³/mol. The molecule has 7 N–H and O–H groups in total. The summed E-state index contributed by atoms with van der Waals surface area (Å²) >= 11 is 1.51. The topological polar surface area (TPSA) is 150 Å². The van der Waals surface area contributed by atoms with Crippen LogP contribution in [0.3, 0.4) is 0 Å². The Kier molecular flexibility index (Phi) is 11.6. The van der Waals surface area contributed by atoms with Crippen LogP contribution in [-0.2, 0) is 29.0 Å². The Morgan fingerprint density at radius 1 is 1.12 bits per heavy atom. The maximum Gasteiger partial charge on any atom is 0.223 e. The molecule has 0 bridgehead atoms. The molecule has 0 saturated carbocycles. The first-order chi connectivity index (χ1) is 14.8. The average molecular weight is 516 g/mol. The second-order valence-corrected chi connectivity index (χ2v) is 8.84. The van der Waals surface area contributed by atoms with Crippen LogP contribution in [0.4, 0.5) is 10.8 Å². The first-order valence-corrected chi connectivity index (χ1v) is 11.1. The molecule has 0 radical (unpaired) electrons. The molecule has 2 aromatic rings. The van der Waals surface area contributed by atoms with Gasteiger partial charge in [-0.2, -0.15) is 0 Å².